The summed E-state index contributed by atoms with van der Waals surface area (Å²) >= 11 is 1.27. The number of aryl methyl sites for hydroxylation is 1. The lowest BCUT2D eigenvalue weighted by molar-refractivity contribution is 0.281. The minimum absolute atomic E-state index is 0.000833. The fraction of sp³-hybridized carbons (Fsp3) is 0.316. The van der Waals surface area contributed by atoms with Crippen LogP contribution in [0.3, 0.4) is 0 Å². The number of anilines is 1. The number of aromatic nitrogens is 1. The van der Waals surface area contributed by atoms with Gasteiger partial charge in [-0.05, 0) is 48.9 Å². The van der Waals surface area contributed by atoms with Crippen LogP contribution in [0.4, 0.5) is 16.5 Å². The van der Waals surface area contributed by atoms with E-state index >= 15 is 0 Å². The topological polar surface area (TPSA) is 115 Å². The Morgan fingerprint density at radius 3 is 2.41 bits per heavy atom. The first-order valence-electron chi connectivity index (χ1n) is 8.91. The van der Waals surface area contributed by atoms with Gasteiger partial charge < -0.3 is 15.1 Å². The molecule has 0 aliphatic carbocycles. The van der Waals surface area contributed by atoms with Gasteiger partial charge in [0.2, 0.25) is 5.13 Å². The van der Waals surface area contributed by atoms with E-state index in [0.29, 0.717) is 29.4 Å². The van der Waals surface area contributed by atoms with Crippen LogP contribution in [-0.2, 0) is 9.84 Å². The molecule has 0 atom stereocenters. The largest absolute Gasteiger partial charge is 0.395 e. The fourth-order valence-electron chi connectivity index (χ4n) is 2.82. The Labute approximate surface area is 173 Å². The standard InChI is InChI=1S/C19H22N4O4S2/c1-13-11-14(23(7-9-24)8-10-25)3-5-16(13)21-22-19-20-17-6-4-15(29(2,26)27)12-18(17)28-19/h3-6,11-12,24-25H,7-10H2,1-2H3. The van der Waals surface area contributed by atoms with Crippen molar-refractivity contribution >= 4 is 47.9 Å². The fourth-order valence-corrected chi connectivity index (χ4v) is 4.37. The molecule has 0 unspecified atom stereocenters. The maximum absolute atomic E-state index is 11.7. The molecule has 29 heavy (non-hydrogen) atoms. The highest BCUT2D eigenvalue weighted by Gasteiger charge is 2.11. The summed E-state index contributed by atoms with van der Waals surface area (Å²) in [6, 6.07) is 10.4. The van der Waals surface area contributed by atoms with Crippen LogP contribution in [-0.4, -0.2) is 56.2 Å². The van der Waals surface area contributed by atoms with Gasteiger partial charge in [0.05, 0.1) is 34.0 Å². The third kappa shape index (κ3) is 5.15. The van der Waals surface area contributed by atoms with E-state index in [-0.39, 0.29) is 18.1 Å². The van der Waals surface area contributed by atoms with Crippen molar-refractivity contribution in [2.45, 2.75) is 11.8 Å². The molecular weight excluding hydrogens is 412 g/mol. The van der Waals surface area contributed by atoms with Crippen LogP contribution < -0.4 is 4.90 Å². The quantitative estimate of drug-likeness (QED) is 0.526. The number of fused-ring (bicyclic) bond motifs is 1. The second-order valence-corrected chi connectivity index (χ2v) is 9.53. The van der Waals surface area contributed by atoms with Crippen molar-refractivity contribution in [2.24, 2.45) is 10.2 Å². The van der Waals surface area contributed by atoms with Crippen molar-refractivity contribution in [3.63, 3.8) is 0 Å². The molecule has 2 aromatic carbocycles. The van der Waals surface area contributed by atoms with Crippen molar-refractivity contribution in [3.05, 3.63) is 42.0 Å². The molecule has 1 heterocycles. The highest BCUT2D eigenvalue weighted by Crippen LogP contribution is 2.32. The number of benzene rings is 2. The molecule has 0 amide bonds. The molecule has 0 aliphatic rings. The first-order chi connectivity index (χ1) is 13.8. The number of sulfone groups is 1. The molecule has 0 radical (unpaired) electrons. The summed E-state index contributed by atoms with van der Waals surface area (Å²) in [4.78, 5) is 6.51. The lowest BCUT2D eigenvalue weighted by Crippen LogP contribution is -2.29. The molecule has 0 spiro atoms. The lowest BCUT2D eigenvalue weighted by atomic mass is 10.1. The van der Waals surface area contributed by atoms with E-state index in [1.165, 1.54) is 23.7 Å². The molecule has 10 heteroatoms. The minimum Gasteiger partial charge on any atom is -0.395 e. The van der Waals surface area contributed by atoms with Crippen LogP contribution in [0, 0.1) is 6.92 Å². The second kappa shape index (κ2) is 8.95. The van der Waals surface area contributed by atoms with Gasteiger partial charge in [-0.15, -0.1) is 10.2 Å². The van der Waals surface area contributed by atoms with E-state index in [9.17, 15) is 18.6 Å². The zero-order valence-electron chi connectivity index (χ0n) is 16.1. The van der Waals surface area contributed by atoms with Crippen molar-refractivity contribution in [1.82, 2.24) is 4.98 Å². The highest BCUT2D eigenvalue weighted by molar-refractivity contribution is 7.90. The summed E-state index contributed by atoms with van der Waals surface area (Å²) in [5.41, 5.74) is 3.13. The normalized spacial score (nSPS) is 12.1. The molecule has 0 bridgehead atoms. The maximum Gasteiger partial charge on any atom is 0.231 e. The van der Waals surface area contributed by atoms with Gasteiger partial charge in [0.1, 0.15) is 0 Å². The maximum atomic E-state index is 11.7. The van der Waals surface area contributed by atoms with E-state index in [1.807, 2.05) is 30.0 Å². The molecular formula is C19H22N4O4S2. The van der Waals surface area contributed by atoms with Gasteiger partial charge in [0.25, 0.3) is 0 Å². The predicted octanol–water partition coefficient (Wildman–Crippen LogP) is 3.21. The summed E-state index contributed by atoms with van der Waals surface area (Å²) in [7, 11) is -3.28. The van der Waals surface area contributed by atoms with Crippen LogP contribution in [0.5, 0.6) is 0 Å². The molecule has 3 aromatic rings. The molecule has 8 nitrogen and oxygen atoms in total. The summed E-state index contributed by atoms with van der Waals surface area (Å²) in [6.07, 6.45) is 1.17. The van der Waals surface area contributed by atoms with Crippen molar-refractivity contribution in [1.29, 1.82) is 0 Å². The molecule has 3 rings (SSSR count). The first kappa shape index (κ1) is 21.3. The number of hydrogen-bond acceptors (Lipinski definition) is 9. The predicted molar refractivity (Wildman–Crippen MR) is 114 cm³/mol. The number of aliphatic hydroxyl groups is 2. The number of aliphatic hydroxyl groups excluding tert-OH is 2. The second-order valence-electron chi connectivity index (χ2n) is 6.50. The number of thiazole rings is 1. The Kier molecular flexibility index (Phi) is 6.58. The van der Waals surface area contributed by atoms with Gasteiger partial charge >= 0.3 is 0 Å². The third-order valence-electron chi connectivity index (χ3n) is 4.31. The van der Waals surface area contributed by atoms with Crippen molar-refractivity contribution in [2.75, 3.05) is 37.5 Å². The van der Waals surface area contributed by atoms with Gasteiger partial charge in [-0.1, -0.05) is 11.3 Å². The monoisotopic (exact) mass is 434 g/mol. The molecule has 2 N–H and O–H groups in total. The van der Waals surface area contributed by atoms with Crippen LogP contribution in [0.1, 0.15) is 5.56 Å². The molecule has 0 aliphatic heterocycles. The van der Waals surface area contributed by atoms with Crippen LogP contribution in [0.2, 0.25) is 0 Å². The summed E-state index contributed by atoms with van der Waals surface area (Å²) in [5.74, 6) is 0. The Hall–Kier alpha value is -2.40. The van der Waals surface area contributed by atoms with Crippen LogP contribution in [0.15, 0.2) is 51.5 Å². The van der Waals surface area contributed by atoms with Gasteiger partial charge in [-0.2, -0.15) is 0 Å². The highest BCUT2D eigenvalue weighted by atomic mass is 32.2. The van der Waals surface area contributed by atoms with E-state index in [4.69, 9.17) is 0 Å². The Morgan fingerprint density at radius 2 is 1.79 bits per heavy atom. The summed E-state index contributed by atoms with van der Waals surface area (Å²) in [6.45, 7) is 2.77. The van der Waals surface area contributed by atoms with E-state index in [1.54, 1.807) is 12.1 Å². The van der Waals surface area contributed by atoms with Gasteiger partial charge in [0, 0.05) is 25.0 Å². The van der Waals surface area contributed by atoms with E-state index in [2.05, 4.69) is 15.2 Å². The SMILES string of the molecule is Cc1cc(N(CCO)CCO)ccc1N=Nc1nc2ccc(S(C)(=O)=O)cc2s1. The summed E-state index contributed by atoms with van der Waals surface area (Å²) < 4.78 is 24.1. The Balaban J connectivity index is 1.84. The van der Waals surface area contributed by atoms with Crippen molar-refractivity contribution < 1.29 is 18.6 Å². The molecule has 0 saturated heterocycles. The van der Waals surface area contributed by atoms with E-state index < -0.39 is 9.84 Å². The smallest absolute Gasteiger partial charge is 0.231 e. The molecule has 1 aromatic heterocycles. The van der Waals surface area contributed by atoms with Crippen LogP contribution in [0.25, 0.3) is 10.2 Å². The van der Waals surface area contributed by atoms with Gasteiger partial charge in [0.15, 0.2) is 9.84 Å². The van der Waals surface area contributed by atoms with Gasteiger partial charge in [-0.25, -0.2) is 13.4 Å². The average molecular weight is 435 g/mol. The van der Waals surface area contributed by atoms with Gasteiger partial charge in [-0.3, -0.25) is 0 Å². The number of hydrogen-bond donors (Lipinski definition) is 2. The number of azo groups is 1. The zero-order valence-corrected chi connectivity index (χ0v) is 17.7. The van der Waals surface area contributed by atoms with Crippen LogP contribution >= 0.6 is 11.3 Å². The molecule has 0 fully saturated rings. The minimum atomic E-state index is -3.28. The lowest BCUT2D eigenvalue weighted by Gasteiger charge is -2.23. The van der Waals surface area contributed by atoms with Crippen molar-refractivity contribution in [3.8, 4) is 0 Å². The Bertz CT molecular complexity index is 1140. The third-order valence-corrected chi connectivity index (χ3v) is 6.32. The Morgan fingerprint density at radius 1 is 1.07 bits per heavy atom. The number of rotatable bonds is 8. The zero-order chi connectivity index (χ0) is 21.0. The summed E-state index contributed by atoms with van der Waals surface area (Å²) in [5, 5.41) is 27.3. The average Bonchev–Trinajstić information content (AvgIpc) is 3.08. The van der Waals surface area contributed by atoms with E-state index in [0.717, 1.165) is 16.0 Å². The molecule has 154 valence electrons. The number of nitrogens with zero attached hydrogens (tertiary/aromatic N) is 4. The first-order valence-corrected chi connectivity index (χ1v) is 11.6. The molecule has 0 saturated carbocycles.